The van der Waals surface area contributed by atoms with Crippen LogP contribution in [0.15, 0.2) is 30.5 Å². The van der Waals surface area contributed by atoms with E-state index in [9.17, 15) is 18.3 Å². The van der Waals surface area contributed by atoms with E-state index >= 15 is 0 Å². The Labute approximate surface area is 208 Å². The summed E-state index contributed by atoms with van der Waals surface area (Å²) in [6, 6.07) is 6.20. The van der Waals surface area contributed by atoms with Crippen LogP contribution in [0, 0.1) is 11.8 Å². The SMILES string of the molecule is C[C@@H]1C[C@H](C)CN(S(=O)(=O)N2C[C@H](CO)Oc3ncc(NC(=O)c4c(Cl)cccc4Cl)cc32)C1. The number of nitrogens with zero attached hydrogens (tertiary/aromatic N) is 3. The molecule has 0 unspecified atom stereocenters. The first-order valence-electron chi connectivity index (χ1n) is 10.9. The number of aliphatic hydroxyl groups excluding tert-OH is 1. The molecular formula is C22H26Cl2N4O5S. The van der Waals surface area contributed by atoms with E-state index in [0.29, 0.717) is 13.1 Å². The fourth-order valence-electron chi connectivity index (χ4n) is 4.41. The molecule has 2 aromatic rings. The number of hydrogen-bond donors (Lipinski definition) is 2. The van der Waals surface area contributed by atoms with Gasteiger partial charge in [-0.15, -0.1) is 0 Å². The van der Waals surface area contributed by atoms with Crippen molar-refractivity contribution in [2.75, 3.05) is 35.9 Å². The van der Waals surface area contributed by atoms with Crippen LogP contribution in [-0.4, -0.2) is 61.1 Å². The van der Waals surface area contributed by atoms with Crippen molar-refractivity contribution in [3.05, 3.63) is 46.1 Å². The lowest BCUT2D eigenvalue weighted by atomic mass is 9.94. The van der Waals surface area contributed by atoms with E-state index in [0.717, 1.165) is 6.42 Å². The summed E-state index contributed by atoms with van der Waals surface area (Å²) in [5.74, 6) is -0.0651. The minimum absolute atomic E-state index is 0.0563. The highest BCUT2D eigenvalue weighted by molar-refractivity contribution is 7.90. The first-order valence-corrected chi connectivity index (χ1v) is 13.1. The van der Waals surface area contributed by atoms with E-state index in [2.05, 4.69) is 10.3 Å². The summed E-state index contributed by atoms with van der Waals surface area (Å²) in [6.45, 7) is 4.40. The van der Waals surface area contributed by atoms with Crippen molar-refractivity contribution in [1.82, 2.24) is 9.29 Å². The largest absolute Gasteiger partial charge is 0.468 e. The number of halogens is 2. The zero-order valence-corrected chi connectivity index (χ0v) is 21.1. The number of carbonyl (C=O) groups is 1. The second-order valence-electron chi connectivity index (χ2n) is 8.82. The molecule has 1 fully saturated rings. The van der Waals surface area contributed by atoms with Crippen LogP contribution in [0.3, 0.4) is 0 Å². The average molecular weight is 529 g/mol. The highest BCUT2D eigenvalue weighted by Gasteiger charge is 2.40. The van der Waals surface area contributed by atoms with Gasteiger partial charge in [0.15, 0.2) is 0 Å². The van der Waals surface area contributed by atoms with Crippen LogP contribution in [-0.2, 0) is 10.2 Å². The molecule has 2 N–H and O–H groups in total. The standard InChI is InChI=1S/C22H26Cl2N4O5S/c1-13-6-14(2)10-27(9-13)34(31,32)28-11-16(12-29)33-22-19(28)7-15(8-25-22)26-21(30)20-17(23)4-3-5-18(20)24/h3-5,7-8,13-14,16,29H,6,9-12H2,1-2H3,(H,26,30)/t13-,14+,16-/m1/s1. The lowest BCUT2D eigenvalue weighted by molar-refractivity contribution is 0.102. The van der Waals surface area contributed by atoms with Crippen LogP contribution in [0.2, 0.25) is 10.0 Å². The van der Waals surface area contributed by atoms with Crippen molar-refractivity contribution >= 4 is 50.7 Å². The molecule has 0 aliphatic carbocycles. The fraction of sp³-hybridized carbons (Fsp3) is 0.455. The second-order valence-corrected chi connectivity index (χ2v) is 11.5. The Balaban J connectivity index is 1.68. The Morgan fingerprint density at radius 3 is 2.47 bits per heavy atom. The monoisotopic (exact) mass is 528 g/mol. The summed E-state index contributed by atoms with van der Waals surface area (Å²) >= 11 is 12.3. The fourth-order valence-corrected chi connectivity index (χ4v) is 6.88. The van der Waals surface area contributed by atoms with E-state index in [4.69, 9.17) is 27.9 Å². The van der Waals surface area contributed by atoms with Gasteiger partial charge in [-0.25, -0.2) is 9.29 Å². The molecule has 34 heavy (non-hydrogen) atoms. The number of benzene rings is 1. The van der Waals surface area contributed by atoms with E-state index in [1.165, 1.54) is 20.9 Å². The molecule has 3 atom stereocenters. The maximum Gasteiger partial charge on any atom is 0.304 e. The Morgan fingerprint density at radius 1 is 1.21 bits per heavy atom. The minimum atomic E-state index is -3.94. The zero-order chi connectivity index (χ0) is 24.6. The molecule has 0 radical (unpaired) electrons. The molecule has 12 heteroatoms. The molecule has 3 heterocycles. The van der Waals surface area contributed by atoms with E-state index in [1.807, 2.05) is 13.8 Å². The van der Waals surface area contributed by atoms with Crippen molar-refractivity contribution in [2.24, 2.45) is 11.8 Å². The third kappa shape index (κ3) is 4.96. The summed E-state index contributed by atoms with van der Waals surface area (Å²) in [6.07, 6.45) is 1.53. The second kappa shape index (κ2) is 9.87. The zero-order valence-electron chi connectivity index (χ0n) is 18.7. The summed E-state index contributed by atoms with van der Waals surface area (Å²) in [5.41, 5.74) is 0.519. The van der Waals surface area contributed by atoms with Crippen molar-refractivity contribution in [1.29, 1.82) is 0 Å². The Bertz CT molecular complexity index is 1170. The van der Waals surface area contributed by atoms with Gasteiger partial charge in [0.1, 0.15) is 11.8 Å². The average Bonchev–Trinajstić information content (AvgIpc) is 2.77. The summed E-state index contributed by atoms with van der Waals surface area (Å²) in [7, 11) is -3.94. The molecule has 2 aliphatic rings. The number of aromatic nitrogens is 1. The minimum Gasteiger partial charge on any atom is -0.468 e. The van der Waals surface area contributed by atoms with Gasteiger partial charge in [-0.05, 0) is 36.5 Å². The highest BCUT2D eigenvalue weighted by atomic mass is 35.5. The number of piperidine rings is 1. The van der Waals surface area contributed by atoms with Crippen LogP contribution in [0.25, 0.3) is 0 Å². The third-order valence-electron chi connectivity index (χ3n) is 5.84. The molecule has 1 amide bonds. The van der Waals surface area contributed by atoms with Gasteiger partial charge in [-0.3, -0.25) is 4.79 Å². The number of ether oxygens (including phenoxy) is 1. The number of aliphatic hydroxyl groups is 1. The van der Waals surface area contributed by atoms with E-state index in [-0.39, 0.29) is 57.9 Å². The van der Waals surface area contributed by atoms with Gasteiger partial charge in [0.05, 0.1) is 40.6 Å². The number of nitrogens with one attached hydrogen (secondary N) is 1. The summed E-state index contributed by atoms with van der Waals surface area (Å²) in [4.78, 5) is 17.0. The van der Waals surface area contributed by atoms with Crippen LogP contribution >= 0.6 is 23.2 Å². The van der Waals surface area contributed by atoms with Crippen LogP contribution in [0.4, 0.5) is 11.4 Å². The number of hydrogen-bond acceptors (Lipinski definition) is 6. The number of amides is 1. The number of carbonyl (C=O) groups excluding carboxylic acids is 1. The molecule has 1 aromatic carbocycles. The molecular weight excluding hydrogens is 503 g/mol. The summed E-state index contributed by atoms with van der Waals surface area (Å²) < 4.78 is 35.7. The topological polar surface area (TPSA) is 112 Å². The normalized spacial score (nSPS) is 23.2. The Hall–Kier alpha value is -2.11. The van der Waals surface area contributed by atoms with Crippen molar-refractivity contribution in [3.8, 4) is 5.88 Å². The molecule has 9 nitrogen and oxygen atoms in total. The maximum atomic E-state index is 13.7. The molecule has 4 rings (SSSR count). The molecule has 0 bridgehead atoms. The van der Waals surface area contributed by atoms with Gasteiger partial charge in [-0.2, -0.15) is 12.7 Å². The van der Waals surface area contributed by atoms with Crippen molar-refractivity contribution in [3.63, 3.8) is 0 Å². The van der Waals surface area contributed by atoms with Crippen LogP contribution in [0.5, 0.6) is 5.88 Å². The predicted molar refractivity (Wildman–Crippen MR) is 131 cm³/mol. The highest BCUT2D eigenvalue weighted by Crippen LogP contribution is 2.37. The Morgan fingerprint density at radius 2 is 1.85 bits per heavy atom. The lowest BCUT2D eigenvalue weighted by Gasteiger charge is -2.40. The smallest absolute Gasteiger partial charge is 0.304 e. The quantitative estimate of drug-likeness (QED) is 0.614. The molecule has 1 saturated heterocycles. The van der Waals surface area contributed by atoms with Gasteiger partial charge in [0.2, 0.25) is 5.88 Å². The maximum absolute atomic E-state index is 13.7. The first kappa shape index (κ1) is 25.0. The molecule has 184 valence electrons. The number of pyridine rings is 1. The molecule has 1 aromatic heterocycles. The molecule has 0 saturated carbocycles. The van der Waals surface area contributed by atoms with Crippen molar-refractivity contribution < 1.29 is 23.1 Å². The molecule has 0 spiro atoms. The van der Waals surface area contributed by atoms with Crippen LogP contribution in [0.1, 0.15) is 30.6 Å². The van der Waals surface area contributed by atoms with Gasteiger partial charge < -0.3 is 15.2 Å². The summed E-state index contributed by atoms with van der Waals surface area (Å²) in [5, 5.41) is 12.7. The number of fused-ring (bicyclic) bond motifs is 1. The lowest BCUT2D eigenvalue weighted by Crippen LogP contribution is -2.54. The van der Waals surface area contributed by atoms with E-state index in [1.54, 1.807) is 18.2 Å². The number of anilines is 2. The van der Waals surface area contributed by atoms with Gasteiger partial charge >= 0.3 is 10.2 Å². The van der Waals surface area contributed by atoms with E-state index < -0.39 is 22.2 Å². The molecule has 2 aliphatic heterocycles. The van der Waals surface area contributed by atoms with Gasteiger partial charge in [0.25, 0.3) is 5.91 Å². The van der Waals surface area contributed by atoms with Gasteiger partial charge in [-0.1, -0.05) is 43.1 Å². The Kier molecular flexibility index (Phi) is 7.25. The first-order chi connectivity index (χ1) is 16.1. The van der Waals surface area contributed by atoms with Crippen molar-refractivity contribution in [2.45, 2.75) is 26.4 Å². The van der Waals surface area contributed by atoms with Crippen LogP contribution < -0.4 is 14.4 Å². The number of rotatable bonds is 5. The van der Waals surface area contributed by atoms with Gasteiger partial charge in [0, 0.05) is 13.1 Å². The third-order valence-corrected chi connectivity index (χ3v) is 8.32. The predicted octanol–water partition coefficient (Wildman–Crippen LogP) is 3.42.